The molecule has 0 heterocycles. The van der Waals surface area contributed by atoms with Crippen molar-refractivity contribution >= 4 is 0 Å². The van der Waals surface area contributed by atoms with Crippen molar-refractivity contribution in [1.29, 1.82) is 0 Å². The van der Waals surface area contributed by atoms with E-state index in [1.54, 1.807) is 0 Å². The maximum Gasteiger partial charge on any atom is 0.0950 e. The van der Waals surface area contributed by atoms with Gasteiger partial charge in [-0.2, -0.15) is 0 Å². The molecule has 0 N–H and O–H groups in total. The Morgan fingerprint density at radius 3 is 1.47 bits per heavy atom. The van der Waals surface area contributed by atoms with Crippen LogP contribution >= 0.6 is 0 Å². The lowest BCUT2D eigenvalue weighted by Crippen LogP contribution is -2.48. The first-order chi connectivity index (χ1) is 7.74. The molecule has 0 rings (SSSR count). The highest BCUT2D eigenvalue weighted by Gasteiger charge is 2.50. The lowest BCUT2D eigenvalue weighted by atomic mass is 9.50. The minimum absolute atomic E-state index is 0.0372. The summed E-state index contributed by atoms with van der Waals surface area (Å²) >= 11 is 0. The van der Waals surface area contributed by atoms with Crippen molar-refractivity contribution in [3.8, 4) is 0 Å². The topological polar surface area (TPSA) is 0 Å². The fourth-order valence-electron chi connectivity index (χ4n) is 3.39. The Hall–Kier alpha value is -0.0700. The second kappa shape index (κ2) is 6.20. The maximum atomic E-state index is 13.4. The van der Waals surface area contributed by atoms with Gasteiger partial charge in [0.2, 0.25) is 0 Å². The van der Waals surface area contributed by atoms with Crippen LogP contribution < -0.4 is 0 Å². The second-order valence-electron chi connectivity index (χ2n) is 6.78. The van der Waals surface area contributed by atoms with Crippen molar-refractivity contribution in [3.05, 3.63) is 0 Å². The molecule has 17 heavy (non-hydrogen) atoms. The summed E-state index contributed by atoms with van der Waals surface area (Å²) in [7, 11) is 0. The minimum atomic E-state index is -0.243. The van der Waals surface area contributed by atoms with Crippen LogP contribution in [0.25, 0.3) is 0 Å². The summed E-state index contributed by atoms with van der Waals surface area (Å²) < 4.78 is 13.4. The summed E-state index contributed by atoms with van der Waals surface area (Å²) in [6.07, 6.45) is 5.98. The van der Waals surface area contributed by atoms with Gasteiger partial charge < -0.3 is 0 Å². The van der Waals surface area contributed by atoms with Gasteiger partial charge in [0.25, 0.3) is 0 Å². The Labute approximate surface area is 108 Å². The predicted molar refractivity (Wildman–Crippen MR) is 76.1 cm³/mol. The van der Waals surface area contributed by atoms with E-state index in [0.717, 1.165) is 6.42 Å². The average Bonchev–Trinajstić information content (AvgIpc) is 2.28. The molecule has 1 heteroatoms. The first-order valence-electron chi connectivity index (χ1n) is 7.30. The van der Waals surface area contributed by atoms with Crippen molar-refractivity contribution in [2.75, 3.05) is 6.67 Å². The zero-order chi connectivity index (χ0) is 13.7. The van der Waals surface area contributed by atoms with Crippen LogP contribution in [-0.2, 0) is 0 Å². The molecule has 0 aliphatic heterocycles. The first kappa shape index (κ1) is 16.9. The van der Waals surface area contributed by atoms with E-state index in [-0.39, 0.29) is 22.9 Å². The lowest BCUT2D eigenvalue weighted by molar-refractivity contribution is -0.0695. The third-order valence-electron chi connectivity index (χ3n) is 5.49. The fourth-order valence-corrected chi connectivity index (χ4v) is 3.39. The minimum Gasteiger partial charge on any atom is -0.250 e. The summed E-state index contributed by atoms with van der Waals surface area (Å²) in [5, 5.41) is 0. The third kappa shape index (κ3) is 3.03. The normalized spacial score (nSPS) is 14.1. The molecule has 0 saturated heterocycles. The van der Waals surface area contributed by atoms with Crippen LogP contribution in [0.1, 0.15) is 80.6 Å². The molecule has 0 spiro atoms. The van der Waals surface area contributed by atoms with Crippen LogP contribution in [0.4, 0.5) is 4.39 Å². The molecule has 0 radical (unpaired) electrons. The van der Waals surface area contributed by atoms with E-state index in [4.69, 9.17) is 0 Å². The van der Waals surface area contributed by atoms with Crippen molar-refractivity contribution in [2.24, 2.45) is 16.2 Å². The highest BCUT2D eigenvalue weighted by atomic mass is 19.1. The molecule has 0 atom stereocenters. The second-order valence-corrected chi connectivity index (χ2v) is 6.78. The van der Waals surface area contributed by atoms with Gasteiger partial charge in [-0.05, 0) is 35.5 Å². The van der Waals surface area contributed by atoms with Crippen LogP contribution in [-0.4, -0.2) is 6.67 Å². The van der Waals surface area contributed by atoms with E-state index in [0.29, 0.717) is 0 Å². The molecule has 0 amide bonds. The van der Waals surface area contributed by atoms with E-state index in [1.807, 2.05) is 0 Å². The molecule has 0 aliphatic rings. The van der Waals surface area contributed by atoms with Gasteiger partial charge in [-0.15, -0.1) is 0 Å². The SMILES string of the molecule is CCCC(CC)(CCC)C(C)(C)C(C)(C)CF. The van der Waals surface area contributed by atoms with E-state index >= 15 is 0 Å². The van der Waals surface area contributed by atoms with Gasteiger partial charge in [-0.1, -0.05) is 61.3 Å². The largest absolute Gasteiger partial charge is 0.250 e. The third-order valence-corrected chi connectivity index (χ3v) is 5.49. The maximum absolute atomic E-state index is 13.4. The Balaban J connectivity index is 5.40. The molecule has 0 bridgehead atoms. The Bertz CT molecular complexity index is 210. The summed E-state index contributed by atoms with van der Waals surface area (Å²) in [5.74, 6) is 0. The monoisotopic (exact) mass is 244 g/mol. The van der Waals surface area contributed by atoms with Crippen molar-refractivity contribution in [2.45, 2.75) is 80.6 Å². The molecule has 0 fully saturated rings. The van der Waals surface area contributed by atoms with Gasteiger partial charge in [-0.3, -0.25) is 4.39 Å². The molecular formula is C16H33F. The lowest BCUT2D eigenvalue weighted by Gasteiger charge is -2.55. The van der Waals surface area contributed by atoms with E-state index in [1.165, 1.54) is 25.7 Å². The van der Waals surface area contributed by atoms with Gasteiger partial charge in [0.05, 0.1) is 6.67 Å². The molecule has 0 aromatic heterocycles. The van der Waals surface area contributed by atoms with Gasteiger partial charge in [0, 0.05) is 0 Å². The molecule has 104 valence electrons. The van der Waals surface area contributed by atoms with Gasteiger partial charge in [0.1, 0.15) is 0 Å². The van der Waals surface area contributed by atoms with Gasteiger partial charge in [0.15, 0.2) is 0 Å². The average molecular weight is 244 g/mol. The Morgan fingerprint density at radius 1 is 0.824 bits per heavy atom. The van der Waals surface area contributed by atoms with Crippen molar-refractivity contribution in [3.63, 3.8) is 0 Å². The fraction of sp³-hybridized carbons (Fsp3) is 1.00. The number of rotatable bonds is 8. The molecule has 0 nitrogen and oxygen atoms in total. The molecule has 0 saturated carbocycles. The summed E-state index contributed by atoms with van der Waals surface area (Å²) in [6, 6.07) is 0. The smallest absolute Gasteiger partial charge is 0.0950 e. The van der Waals surface area contributed by atoms with E-state index in [2.05, 4.69) is 48.5 Å². The van der Waals surface area contributed by atoms with Crippen LogP contribution in [0.15, 0.2) is 0 Å². The zero-order valence-electron chi connectivity index (χ0n) is 13.1. The van der Waals surface area contributed by atoms with Crippen LogP contribution in [0, 0.1) is 16.2 Å². The molecule has 0 aromatic carbocycles. The summed E-state index contributed by atoms with van der Waals surface area (Å²) in [5.41, 5.74) is 0.0783. The summed E-state index contributed by atoms with van der Waals surface area (Å²) in [6.45, 7) is 15.3. The molecular weight excluding hydrogens is 211 g/mol. The van der Waals surface area contributed by atoms with Gasteiger partial charge >= 0.3 is 0 Å². The van der Waals surface area contributed by atoms with Crippen LogP contribution in [0.2, 0.25) is 0 Å². The molecule has 0 aliphatic carbocycles. The summed E-state index contributed by atoms with van der Waals surface area (Å²) in [4.78, 5) is 0. The molecule has 0 aromatic rings. The standard InChI is InChI=1S/C16H33F/c1-8-11-16(10-3,12-9-2)15(6,7)14(4,5)13-17/h8-13H2,1-7H3. The van der Waals surface area contributed by atoms with Crippen molar-refractivity contribution in [1.82, 2.24) is 0 Å². The van der Waals surface area contributed by atoms with Crippen LogP contribution in [0.3, 0.4) is 0 Å². The number of halogens is 1. The molecule has 0 unspecified atom stereocenters. The first-order valence-corrected chi connectivity index (χ1v) is 7.30. The quantitative estimate of drug-likeness (QED) is 0.491. The predicted octanol–water partition coefficient (Wildman–Crippen LogP) is 6.00. The highest BCUT2D eigenvalue weighted by Crippen LogP contribution is 2.57. The Kier molecular flexibility index (Phi) is 6.18. The number of hydrogen-bond donors (Lipinski definition) is 0. The van der Waals surface area contributed by atoms with E-state index in [9.17, 15) is 4.39 Å². The van der Waals surface area contributed by atoms with Crippen LogP contribution in [0.5, 0.6) is 0 Å². The zero-order valence-corrected chi connectivity index (χ0v) is 13.1. The number of hydrogen-bond acceptors (Lipinski definition) is 0. The Morgan fingerprint density at radius 2 is 1.24 bits per heavy atom. The van der Waals surface area contributed by atoms with Crippen molar-refractivity contribution < 1.29 is 4.39 Å². The van der Waals surface area contributed by atoms with E-state index < -0.39 is 0 Å². The van der Waals surface area contributed by atoms with Gasteiger partial charge in [-0.25, -0.2) is 0 Å². The highest BCUT2D eigenvalue weighted by molar-refractivity contribution is 4.99. The number of alkyl halides is 1.